The number of hydrogen-bond acceptors (Lipinski definition) is 4. The highest BCUT2D eigenvalue weighted by molar-refractivity contribution is 6.33. The van der Waals surface area contributed by atoms with Gasteiger partial charge in [0.1, 0.15) is 17.3 Å². The summed E-state index contributed by atoms with van der Waals surface area (Å²) in [6.07, 6.45) is 3.57. The monoisotopic (exact) mass is 378 g/mol. The number of urea groups is 1. The number of halogens is 2. The molecule has 1 N–H and O–H groups in total. The number of aryl methyl sites for hydroxylation is 1. The Hall–Kier alpha value is -2.38. The van der Waals surface area contributed by atoms with Gasteiger partial charge in [-0.15, -0.1) is 0 Å². The molecule has 0 fully saturated rings. The number of likely N-dealkylation sites (N-methyl/N-ethyl adjacent to an activating group) is 1. The molecule has 2 amide bonds. The van der Waals surface area contributed by atoms with Crippen molar-refractivity contribution in [2.45, 2.75) is 32.9 Å². The van der Waals surface area contributed by atoms with Crippen molar-refractivity contribution >= 4 is 17.6 Å². The first-order valence-electron chi connectivity index (χ1n) is 8.22. The van der Waals surface area contributed by atoms with Crippen LogP contribution in [0.15, 0.2) is 35.0 Å². The largest absolute Gasteiger partial charge is 0.361 e. The van der Waals surface area contributed by atoms with Crippen molar-refractivity contribution in [1.82, 2.24) is 20.5 Å². The molecule has 2 heterocycles. The lowest BCUT2D eigenvalue weighted by molar-refractivity contribution is 0.0745. The van der Waals surface area contributed by atoms with E-state index in [0.717, 1.165) is 5.56 Å². The van der Waals surface area contributed by atoms with Gasteiger partial charge in [-0.2, -0.15) is 0 Å². The zero-order valence-electron chi connectivity index (χ0n) is 15.0. The molecule has 0 radical (unpaired) electrons. The lowest BCUT2D eigenvalue weighted by atomic mass is 10.00. The van der Waals surface area contributed by atoms with Gasteiger partial charge in [0.25, 0.3) is 0 Å². The van der Waals surface area contributed by atoms with Gasteiger partial charge in [-0.05, 0) is 45.0 Å². The van der Waals surface area contributed by atoms with Crippen LogP contribution in [-0.4, -0.2) is 34.3 Å². The molecule has 0 bridgehead atoms. The Morgan fingerprint density at radius 3 is 2.81 bits per heavy atom. The Morgan fingerprint density at radius 1 is 1.42 bits per heavy atom. The molecular formula is C18H20ClFN4O2. The molecule has 138 valence electrons. The van der Waals surface area contributed by atoms with Crippen LogP contribution in [0.5, 0.6) is 0 Å². The van der Waals surface area contributed by atoms with Gasteiger partial charge in [0.2, 0.25) is 0 Å². The number of rotatable bonds is 3. The molecule has 0 saturated carbocycles. The molecule has 0 aliphatic carbocycles. The van der Waals surface area contributed by atoms with E-state index in [1.165, 1.54) is 17.1 Å². The zero-order chi connectivity index (χ0) is 19.0. The Morgan fingerprint density at radius 2 is 2.15 bits per heavy atom. The molecule has 2 aromatic rings. The number of nitrogens with one attached hydrogen (secondary N) is 1. The second-order valence-electron chi connectivity index (χ2n) is 6.43. The second kappa shape index (κ2) is 7.09. The standard InChI is InChI=1S/C18H20ClFN4O2/c1-10(2)21-18(25)24-8-7-15(23(24)4)16-11(3)26-22-17(16)13-6-5-12(20)9-14(13)19/h5-10,15H,1-4H3,(H,21,25). The average molecular weight is 379 g/mol. The van der Waals surface area contributed by atoms with Crippen LogP contribution in [0.4, 0.5) is 9.18 Å². The van der Waals surface area contributed by atoms with Gasteiger partial charge in [-0.1, -0.05) is 16.8 Å². The Bertz CT molecular complexity index is 865. The predicted molar refractivity (Wildman–Crippen MR) is 96.8 cm³/mol. The van der Waals surface area contributed by atoms with Gasteiger partial charge < -0.3 is 9.84 Å². The first-order chi connectivity index (χ1) is 12.3. The maximum Gasteiger partial charge on any atom is 0.336 e. The minimum atomic E-state index is -0.421. The van der Waals surface area contributed by atoms with Gasteiger partial charge in [0.15, 0.2) is 0 Å². The van der Waals surface area contributed by atoms with Crippen LogP contribution in [0.1, 0.15) is 31.2 Å². The fourth-order valence-electron chi connectivity index (χ4n) is 2.94. The molecule has 1 unspecified atom stereocenters. The van der Waals surface area contributed by atoms with Gasteiger partial charge in [0.05, 0.1) is 11.1 Å². The molecule has 0 spiro atoms. The Labute approximate surface area is 156 Å². The van der Waals surface area contributed by atoms with E-state index in [4.69, 9.17) is 16.1 Å². The van der Waals surface area contributed by atoms with Crippen molar-refractivity contribution in [3.8, 4) is 11.3 Å². The van der Waals surface area contributed by atoms with Crippen molar-refractivity contribution in [1.29, 1.82) is 0 Å². The van der Waals surface area contributed by atoms with Gasteiger partial charge >= 0.3 is 6.03 Å². The highest BCUT2D eigenvalue weighted by Gasteiger charge is 2.34. The topological polar surface area (TPSA) is 61.6 Å². The molecule has 6 nitrogen and oxygen atoms in total. The summed E-state index contributed by atoms with van der Waals surface area (Å²) in [7, 11) is 1.80. The van der Waals surface area contributed by atoms with Gasteiger partial charge in [0, 0.05) is 30.4 Å². The van der Waals surface area contributed by atoms with E-state index in [9.17, 15) is 9.18 Å². The summed E-state index contributed by atoms with van der Waals surface area (Å²) >= 11 is 6.20. The van der Waals surface area contributed by atoms with E-state index in [0.29, 0.717) is 17.0 Å². The second-order valence-corrected chi connectivity index (χ2v) is 6.84. The number of nitrogens with zero attached hydrogens (tertiary/aromatic N) is 3. The molecule has 1 aromatic heterocycles. The maximum absolute atomic E-state index is 13.4. The van der Waals surface area contributed by atoms with E-state index in [1.807, 2.05) is 19.9 Å². The number of benzene rings is 1. The lowest BCUT2D eigenvalue weighted by Gasteiger charge is -2.29. The summed E-state index contributed by atoms with van der Waals surface area (Å²) in [5, 5.41) is 10.5. The molecule has 1 aromatic carbocycles. The molecule has 1 aliphatic rings. The van der Waals surface area contributed by atoms with Crippen LogP contribution in [0.3, 0.4) is 0 Å². The number of carbonyl (C=O) groups is 1. The van der Waals surface area contributed by atoms with E-state index < -0.39 is 5.82 Å². The predicted octanol–water partition coefficient (Wildman–Crippen LogP) is 4.28. The quantitative estimate of drug-likeness (QED) is 0.866. The minimum absolute atomic E-state index is 0.0225. The van der Waals surface area contributed by atoms with Crippen molar-refractivity contribution in [3.63, 3.8) is 0 Å². The number of aromatic nitrogens is 1. The van der Waals surface area contributed by atoms with E-state index in [1.54, 1.807) is 31.2 Å². The Balaban J connectivity index is 1.95. The average Bonchev–Trinajstić information content (AvgIpc) is 3.09. The van der Waals surface area contributed by atoms with Crippen molar-refractivity contribution in [2.24, 2.45) is 0 Å². The number of carbonyl (C=O) groups excluding carboxylic acids is 1. The zero-order valence-corrected chi connectivity index (χ0v) is 15.7. The minimum Gasteiger partial charge on any atom is -0.361 e. The first-order valence-corrected chi connectivity index (χ1v) is 8.59. The third-order valence-corrected chi connectivity index (χ3v) is 4.48. The molecular weight excluding hydrogens is 359 g/mol. The molecule has 0 saturated heterocycles. The summed E-state index contributed by atoms with van der Waals surface area (Å²) in [5.74, 6) is 0.183. The van der Waals surface area contributed by atoms with Crippen LogP contribution >= 0.6 is 11.6 Å². The lowest BCUT2D eigenvalue weighted by Crippen LogP contribution is -2.46. The highest BCUT2D eigenvalue weighted by Crippen LogP contribution is 2.39. The normalized spacial score (nSPS) is 17.3. The highest BCUT2D eigenvalue weighted by atomic mass is 35.5. The summed E-state index contributed by atoms with van der Waals surface area (Å²) in [6.45, 7) is 5.59. The third-order valence-electron chi connectivity index (χ3n) is 4.16. The van der Waals surface area contributed by atoms with Crippen molar-refractivity contribution in [2.75, 3.05) is 7.05 Å². The van der Waals surface area contributed by atoms with E-state index >= 15 is 0 Å². The smallest absolute Gasteiger partial charge is 0.336 e. The van der Waals surface area contributed by atoms with E-state index in [2.05, 4.69) is 10.5 Å². The summed E-state index contributed by atoms with van der Waals surface area (Å²) in [4.78, 5) is 12.3. The fourth-order valence-corrected chi connectivity index (χ4v) is 3.19. The van der Waals surface area contributed by atoms with Crippen LogP contribution < -0.4 is 5.32 Å². The molecule has 8 heteroatoms. The maximum atomic E-state index is 13.4. The molecule has 26 heavy (non-hydrogen) atoms. The summed E-state index contributed by atoms with van der Waals surface area (Å²) < 4.78 is 18.8. The number of hydrazine groups is 1. The van der Waals surface area contributed by atoms with E-state index in [-0.39, 0.29) is 23.1 Å². The van der Waals surface area contributed by atoms with Crippen LogP contribution in [0.25, 0.3) is 11.3 Å². The molecule has 1 aliphatic heterocycles. The van der Waals surface area contributed by atoms with Crippen LogP contribution in [0.2, 0.25) is 5.02 Å². The summed E-state index contributed by atoms with van der Waals surface area (Å²) in [6, 6.07) is 3.66. The number of amides is 2. The van der Waals surface area contributed by atoms with Crippen LogP contribution in [-0.2, 0) is 0 Å². The van der Waals surface area contributed by atoms with Gasteiger partial charge in [-0.25, -0.2) is 19.2 Å². The summed E-state index contributed by atoms with van der Waals surface area (Å²) in [5.41, 5.74) is 1.88. The molecule has 1 atom stereocenters. The third kappa shape index (κ3) is 3.32. The van der Waals surface area contributed by atoms with Crippen LogP contribution in [0, 0.1) is 12.7 Å². The fraction of sp³-hybridized carbons (Fsp3) is 0.333. The van der Waals surface area contributed by atoms with Crippen molar-refractivity contribution < 1.29 is 13.7 Å². The van der Waals surface area contributed by atoms with Crippen molar-refractivity contribution in [3.05, 3.63) is 52.6 Å². The van der Waals surface area contributed by atoms with Gasteiger partial charge in [-0.3, -0.25) is 0 Å². The number of hydrogen-bond donors (Lipinski definition) is 1. The molecule has 3 rings (SSSR count). The Kier molecular flexibility index (Phi) is 5.02. The SMILES string of the molecule is Cc1onc(-c2ccc(F)cc2Cl)c1C1C=CN(C(=O)NC(C)C)N1C. The first kappa shape index (κ1) is 18.4.